The Morgan fingerprint density at radius 3 is 2.84 bits per heavy atom. The van der Waals surface area contributed by atoms with Gasteiger partial charge >= 0.3 is 0 Å². The van der Waals surface area contributed by atoms with Crippen LogP contribution < -0.4 is 5.32 Å². The summed E-state index contributed by atoms with van der Waals surface area (Å²) in [5.74, 6) is 1.15. The lowest BCUT2D eigenvalue weighted by Crippen LogP contribution is -2.37. The molecule has 0 bridgehead atoms. The lowest BCUT2D eigenvalue weighted by atomic mass is 9.93. The SMILES string of the molecule is CCC1CCC(NC(=O)c2cnc(C)cc2Cl)C1C. The van der Waals surface area contributed by atoms with E-state index in [1.165, 1.54) is 12.8 Å². The minimum Gasteiger partial charge on any atom is -0.349 e. The molecule has 1 saturated carbocycles. The number of aryl methyl sites for hydroxylation is 1. The van der Waals surface area contributed by atoms with Crippen molar-refractivity contribution in [2.75, 3.05) is 0 Å². The summed E-state index contributed by atoms with van der Waals surface area (Å²) in [6.45, 7) is 6.30. The zero-order valence-electron chi connectivity index (χ0n) is 11.7. The molecule has 1 heterocycles. The summed E-state index contributed by atoms with van der Waals surface area (Å²) in [6.07, 6.45) is 5.00. The summed E-state index contributed by atoms with van der Waals surface area (Å²) >= 11 is 6.10. The van der Waals surface area contributed by atoms with Gasteiger partial charge in [0.25, 0.3) is 5.91 Å². The minimum atomic E-state index is -0.105. The molecule has 1 N–H and O–H groups in total. The van der Waals surface area contributed by atoms with Crippen LogP contribution in [0.4, 0.5) is 0 Å². The van der Waals surface area contributed by atoms with E-state index in [1.807, 2.05) is 6.92 Å². The highest BCUT2D eigenvalue weighted by Crippen LogP contribution is 2.34. The van der Waals surface area contributed by atoms with E-state index in [9.17, 15) is 4.79 Å². The number of hydrogen-bond donors (Lipinski definition) is 1. The topological polar surface area (TPSA) is 42.0 Å². The summed E-state index contributed by atoms with van der Waals surface area (Å²) in [7, 11) is 0. The van der Waals surface area contributed by atoms with Crippen LogP contribution in [-0.4, -0.2) is 16.9 Å². The number of rotatable bonds is 3. The number of amides is 1. The van der Waals surface area contributed by atoms with Crippen molar-refractivity contribution in [2.24, 2.45) is 11.8 Å². The Morgan fingerprint density at radius 2 is 2.26 bits per heavy atom. The molecule has 1 amide bonds. The van der Waals surface area contributed by atoms with Gasteiger partial charge in [-0.1, -0.05) is 31.9 Å². The van der Waals surface area contributed by atoms with Gasteiger partial charge in [-0.3, -0.25) is 9.78 Å². The fourth-order valence-corrected chi connectivity index (χ4v) is 3.26. The molecule has 0 saturated heterocycles. The second-order valence-electron chi connectivity index (χ2n) is 5.49. The maximum Gasteiger partial charge on any atom is 0.254 e. The average Bonchev–Trinajstić information content (AvgIpc) is 2.70. The van der Waals surface area contributed by atoms with Crippen LogP contribution in [0.2, 0.25) is 5.02 Å². The van der Waals surface area contributed by atoms with Crippen LogP contribution in [-0.2, 0) is 0 Å². The standard InChI is InChI=1S/C15H21ClN2O/c1-4-11-5-6-14(10(11)3)18-15(19)12-8-17-9(2)7-13(12)16/h7-8,10-11,14H,4-6H2,1-3H3,(H,18,19). The van der Waals surface area contributed by atoms with Crippen molar-refractivity contribution in [3.05, 3.63) is 28.5 Å². The fourth-order valence-electron chi connectivity index (χ4n) is 2.97. The second-order valence-corrected chi connectivity index (χ2v) is 5.90. The smallest absolute Gasteiger partial charge is 0.254 e. The van der Waals surface area contributed by atoms with E-state index >= 15 is 0 Å². The van der Waals surface area contributed by atoms with E-state index in [0.717, 1.165) is 18.0 Å². The van der Waals surface area contributed by atoms with Crippen molar-refractivity contribution >= 4 is 17.5 Å². The fraction of sp³-hybridized carbons (Fsp3) is 0.600. The van der Waals surface area contributed by atoms with Crippen LogP contribution in [0.15, 0.2) is 12.3 Å². The third-order valence-electron chi connectivity index (χ3n) is 4.30. The molecule has 2 rings (SSSR count). The predicted octanol–water partition coefficient (Wildman–Crippen LogP) is 3.60. The maximum atomic E-state index is 12.2. The van der Waals surface area contributed by atoms with Crippen LogP contribution >= 0.6 is 11.6 Å². The van der Waals surface area contributed by atoms with Gasteiger partial charge in [-0.2, -0.15) is 0 Å². The molecular weight excluding hydrogens is 260 g/mol. The third-order valence-corrected chi connectivity index (χ3v) is 4.62. The Kier molecular flexibility index (Phi) is 4.46. The molecule has 4 heteroatoms. The van der Waals surface area contributed by atoms with Crippen LogP contribution in [0.25, 0.3) is 0 Å². The first kappa shape index (κ1) is 14.3. The van der Waals surface area contributed by atoms with E-state index in [0.29, 0.717) is 16.5 Å². The van der Waals surface area contributed by atoms with Gasteiger partial charge in [0.15, 0.2) is 0 Å². The van der Waals surface area contributed by atoms with Crippen LogP contribution in [0.5, 0.6) is 0 Å². The highest BCUT2D eigenvalue weighted by Gasteiger charge is 2.32. The van der Waals surface area contributed by atoms with Gasteiger partial charge in [0, 0.05) is 17.9 Å². The maximum absolute atomic E-state index is 12.2. The van der Waals surface area contributed by atoms with Crippen molar-refractivity contribution in [3.63, 3.8) is 0 Å². The second kappa shape index (κ2) is 5.91. The number of nitrogens with one attached hydrogen (secondary N) is 1. The first-order chi connectivity index (χ1) is 9.02. The Labute approximate surface area is 119 Å². The molecular formula is C15H21ClN2O. The summed E-state index contributed by atoms with van der Waals surface area (Å²) in [5, 5.41) is 3.58. The largest absolute Gasteiger partial charge is 0.349 e. The van der Waals surface area contributed by atoms with Gasteiger partial charge in [-0.15, -0.1) is 0 Å². The van der Waals surface area contributed by atoms with Gasteiger partial charge in [0.2, 0.25) is 0 Å². The molecule has 1 aliphatic rings. The van der Waals surface area contributed by atoms with E-state index in [1.54, 1.807) is 12.3 Å². The van der Waals surface area contributed by atoms with E-state index in [-0.39, 0.29) is 11.9 Å². The van der Waals surface area contributed by atoms with E-state index in [2.05, 4.69) is 24.1 Å². The van der Waals surface area contributed by atoms with Crippen molar-refractivity contribution in [2.45, 2.75) is 46.1 Å². The van der Waals surface area contributed by atoms with Crippen LogP contribution in [0.1, 0.15) is 49.2 Å². The summed E-state index contributed by atoms with van der Waals surface area (Å²) in [4.78, 5) is 16.4. The normalized spacial score (nSPS) is 26.4. The molecule has 1 aliphatic carbocycles. The average molecular weight is 281 g/mol. The lowest BCUT2D eigenvalue weighted by Gasteiger charge is -2.21. The number of hydrogen-bond acceptors (Lipinski definition) is 2. The van der Waals surface area contributed by atoms with Gasteiger partial charge in [-0.25, -0.2) is 0 Å². The van der Waals surface area contributed by atoms with Crippen LogP contribution in [0, 0.1) is 18.8 Å². The quantitative estimate of drug-likeness (QED) is 0.919. The van der Waals surface area contributed by atoms with Gasteiger partial charge in [0.05, 0.1) is 10.6 Å². The van der Waals surface area contributed by atoms with E-state index < -0.39 is 0 Å². The summed E-state index contributed by atoms with van der Waals surface area (Å²) in [5.41, 5.74) is 1.29. The Bertz CT molecular complexity index is 475. The van der Waals surface area contributed by atoms with Crippen molar-refractivity contribution in [3.8, 4) is 0 Å². The molecule has 0 aliphatic heterocycles. The Hall–Kier alpha value is -1.09. The molecule has 0 radical (unpaired) electrons. The Morgan fingerprint density at radius 1 is 1.53 bits per heavy atom. The van der Waals surface area contributed by atoms with Gasteiger partial charge in [0.1, 0.15) is 0 Å². The third kappa shape index (κ3) is 3.08. The highest BCUT2D eigenvalue weighted by atomic mass is 35.5. The number of nitrogens with zero attached hydrogens (tertiary/aromatic N) is 1. The van der Waals surface area contributed by atoms with E-state index in [4.69, 9.17) is 11.6 Å². The first-order valence-corrected chi connectivity index (χ1v) is 7.33. The number of halogens is 1. The van der Waals surface area contributed by atoms with Gasteiger partial charge in [-0.05, 0) is 37.7 Å². The Balaban J connectivity index is 2.05. The molecule has 0 spiro atoms. The minimum absolute atomic E-state index is 0.105. The monoisotopic (exact) mass is 280 g/mol. The molecule has 19 heavy (non-hydrogen) atoms. The van der Waals surface area contributed by atoms with Crippen LogP contribution in [0.3, 0.4) is 0 Å². The predicted molar refractivity (Wildman–Crippen MR) is 77.4 cm³/mol. The summed E-state index contributed by atoms with van der Waals surface area (Å²) in [6, 6.07) is 1.98. The zero-order valence-corrected chi connectivity index (χ0v) is 12.5. The molecule has 3 nitrogen and oxygen atoms in total. The van der Waals surface area contributed by atoms with Crippen molar-refractivity contribution in [1.82, 2.24) is 10.3 Å². The molecule has 104 valence electrons. The number of carbonyl (C=O) groups excluding carboxylic acids is 1. The number of aromatic nitrogens is 1. The lowest BCUT2D eigenvalue weighted by molar-refractivity contribution is 0.0926. The van der Waals surface area contributed by atoms with Crippen molar-refractivity contribution in [1.29, 1.82) is 0 Å². The molecule has 3 unspecified atom stereocenters. The van der Waals surface area contributed by atoms with Gasteiger partial charge < -0.3 is 5.32 Å². The number of pyridine rings is 1. The highest BCUT2D eigenvalue weighted by molar-refractivity contribution is 6.33. The molecule has 1 aromatic rings. The first-order valence-electron chi connectivity index (χ1n) is 6.96. The molecule has 0 aromatic carbocycles. The molecule has 1 aromatic heterocycles. The molecule has 3 atom stereocenters. The van der Waals surface area contributed by atoms with Crippen molar-refractivity contribution < 1.29 is 4.79 Å². The molecule has 1 fully saturated rings. The number of carbonyl (C=O) groups is 1. The summed E-state index contributed by atoms with van der Waals surface area (Å²) < 4.78 is 0. The zero-order chi connectivity index (χ0) is 14.0.